The molecule has 3 nitrogen and oxygen atoms in total. The van der Waals surface area contributed by atoms with Crippen molar-refractivity contribution in [3.8, 4) is 33.6 Å². The zero-order valence-electron chi connectivity index (χ0n) is 34.9. The van der Waals surface area contributed by atoms with Crippen LogP contribution in [0.5, 0.6) is 0 Å². The first-order valence-electron chi connectivity index (χ1n) is 22.2. The highest BCUT2D eigenvalue weighted by Gasteiger charge is 2.51. The monoisotopic (exact) mass is 813 g/mol. The number of nitrogens with zero attached hydrogens (tertiary/aromatic N) is 3. The van der Waals surface area contributed by atoms with Crippen molar-refractivity contribution in [2.75, 3.05) is 4.90 Å². The van der Waals surface area contributed by atoms with Crippen LogP contribution in [0.15, 0.2) is 237 Å². The van der Waals surface area contributed by atoms with Crippen LogP contribution in [-0.2, 0) is 5.41 Å². The number of anilines is 3. The lowest BCUT2D eigenvalue weighted by molar-refractivity contribution is 0.748. The van der Waals surface area contributed by atoms with Crippen LogP contribution in [0, 0.1) is 0 Å². The molecule has 2 aliphatic rings. The highest BCUT2D eigenvalue weighted by molar-refractivity contribution is 6.20. The molecule has 0 saturated carbocycles. The molecule has 10 aromatic carbocycles. The second kappa shape index (κ2) is 13.3. The van der Waals surface area contributed by atoms with Crippen molar-refractivity contribution < 1.29 is 0 Å². The normalized spacial score (nSPS) is 13.1. The standard InChI is InChI=1S/C61H39N3/c1-3-19-40(20-4-1)43-23-9-15-31-53(43)63(42-35-36-47-46-26-10-16-32-54(46)62(58(47)39-42)41-21-5-2-6-22-41)57-38-37-52-60-59(57)48-27-11-17-33-55(48)64(60)56-34-18-14-30-51(56)61(52)49-28-12-7-24-44(49)45-25-8-13-29-50(45)61/h1-39H. The van der Waals surface area contributed by atoms with Gasteiger partial charge in [-0.2, -0.15) is 0 Å². The van der Waals surface area contributed by atoms with E-state index >= 15 is 0 Å². The molecule has 0 radical (unpaired) electrons. The number of hydrogen-bond donors (Lipinski definition) is 0. The molecule has 64 heavy (non-hydrogen) atoms. The van der Waals surface area contributed by atoms with Crippen LogP contribution in [0.4, 0.5) is 17.1 Å². The van der Waals surface area contributed by atoms with E-state index in [2.05, 4.69) is 251 Å². The lowest BCUT2D eigenvalue weighted by Gasteiger charge is -2.40. The number of fused-ring (bicyclic) bond motifs is 15. The van der Waals surface area contributed by atoms with E-state index < -0.39 is 5.41 Å². The minimum Gasteiger partial charge on any atom is -0.309 e. The van der Waals surface area contributed by atoms with Gasteiger partial charge in [0.15, 0.2) is 0 Å². The molecule has 0 bridgehead atoms. The van der Waals surface area contributed by atoms with Crippen LogP contribution in [0.1, 0.15) is 22.3 Å². The molecule has 298 valence electrons. The molecule has 0 fully saturated rings. The van der Waals surface area contributed by atoms with E-state index in [0.29, 0.717) is 0 Å². The maximum atomic E-state index is 2.56. The number of para-hydroxylation sites is 5. The second-order valence-electron chi connectivity index (χ2n) is 17.2. The quantitative estimate of drug-likeness (QED) is 0.169. The average Bonchev–Trinajstić information content (AvgIpc) is 3.99. The van der Waals surface area contributed by atoms with Crippen LogP contribution in [-0.4, -0.2) is 9.13 Å². The topological polar surface area (TPSA) is 13.1 Å². The lowest BCUT2D eigenvalue weighted by Crippen LogP contribution is -2.33. The highest BCUT2D eigenvalue weighted by atomic mass is 15.2. The SMILES string of the molecule is c1ccc(-c2ccccc2N(c2ccc3c4ccccc4n(-c4ccccc4)c3c2)c2ccc3c4c2c2ccccc2n4-c2ccccc2C32c3ccccc3-c3ccccc32)cc1. The molecular weight excluding hydrogens is 775 g/mol. The number of hydrogen-bond acceptors (Lipinski definition) is 1. The van der Waals surface area contributed by atoms with Gasteiger partial charge in [-0.1, -0.05) is 182 Å². The molecular formula is C61H39N3. The largest absolute Gasteiger partial charge is 0.309 e. The van der Waals surface area contributed by atoms with Crippen LogP contribution in [0.3, 0.4) is 0 Å². The summed E-state index contributed by atoms with van der Waals surface area (Å²) in [6, 6.07) is 87.6. The van der Waals surface area contributed by atoms with Crippen molar-refractivity contribution in [2.45, 2.75) is 5.41 Å². The van der Waals surface area contributed by atoms with E-state index in [1.54, 1.807) is 0 Å². The van der Waals surface area contributed by atoms with Crippen LogP contribution < -0.4 is 4.90 Å². The highest BCUT2D eigenvalue weighted by Crippen LogP contribution is 2.62. The Bertz CT molecular complexity index is 3810. The van der Waals surface area contributed by atoms with Gasteiger partial charge in [0.25, 0.3) is 0 Å². The molecule has 0 N–H and O–H groups in total. The van der Waals surface area contributed by atoms with Gasteiger partial charge in [-0.3, -0.25) is 0 Å². The van der Waals surface area contributed by atoms with Gasteiger partial charge in [0, 0.05) is 38.5 Å². The fourth-order valence-corrected chi connectivity index (χ4v) is 11.7. The smallest absolute Gasteiger partial charge is 0.0754 e. The van der Waals surface area contributed by atoms with Gasteiger partial charge in [-0.15, -0.1) is 0 Å². The summed E-state index contributed by atoms with van der Waals surface area (Å²) in [5.41, 5.74) is 20.2. The third-order valence-electron chi connectivity index (χ3n) is 14.1. The van der Waals surface area contributed by atoms with E-state index in [1.165, 1.54) is 88.3 Å². The summed E-state index contributed by atoms with van der Waals surface area (Å²) >= 11 is 0. The minimum absolute atomic E-state index is 0.521. The molecule has 1 aliphatic heterocycles. The van der Waals surface area contributed by atoms with Gasteiger partial charge >= 0.3 is 0 Å². The zero-order valence-corrected chi connectivity index (χ0v) is 34.9. The fraction of sp³-hybridized carbons (Fsp3) is 0.0164. The number of benzene rings is 10. The summed E-state index contributed by atoms with van der Waals surface area (Å²) in [6.45, 7) is 0. The molecule has 1 spiro atoms. The Hall–Kier alpha value is -8.40. The molecule has 2 aromatic heterocycles. The van der Waals surface area contributed by atoms with Gasteiger partial charge in [-0.05, 0) is 93.5 Å². The van der Waals surface area contributed by atoms with Crippen LogP contribution >= 0.6 is 0 Å². The summed E-state index contributed by atoms with van der Waals surface area (Å²) < 4.78 is 4.99. The first kappa shape index (κ1) is 35.2. The van der Waals surface area contributed by atoms with E-state index in [-0.39, 0.29) is 0 Å². The number of rotatable bonds is 5. The summed E-state index contributed by atoms with van der Waals surface area (Å²) in [5.74, 6) is 0. The second-order valence-corrected chi connectivity index (χ2v) is 17.2. The molecule has 3 heterocycles. The molecule has 0 saturated heterocycles. The van der Waals surface area contributed by atoms with Crippen molar-refractivity contribution in [2.24, 2.45) is 0 Å². The fourth-order valence-electron chi connectivity index (χ4n) is 11.7. The predicted octanol–water partition coefficient (Wildman–Crippen LogP) is 15.7. The van der Waals surface area contributed by atoms with Crippen molar-refractivity contribution in [3.05, 3.63) is 259 Å². The van der Waals surface area contributed by atoms with Gasteiger partial charge in [0.1, 0.15) is 0 Å². The Labute approximate surface area is 371 Å². The summed E-state index contributed by atoms with van der Waals surface area (Å²) in [6.07, 6.45) is 0. The Kier molecular flexibility index (Phi) is 7.32. The third-order valence-corrected chi connectivity index (χ3v) is 14.1. The molecule has 0 atom stereocenters. The van der Waals surface area contributed by atoms with E-state index in [1.807, 2.05) is 0 Å². The van der Waals surface area contributed by atoms with E-state index in [4.69, 9.17) is 0 Å². The Morgan fingerprint density at radius 2 is 0.906 bits per heavy atom. The van der Waals surface area contributed by atoms with Crippen LogP contribution in [0.25, 0.3) is 77.2 Å². The van der Waals surface area contributed by atoms with E-state index in [0.717, 1.165) is 28.3 Å². The summed E-state index contributed by atoms with van der Waals surface area (Å²) in [7, 11) is 0. The maximum absolute atomic E-state index is 2.56. The summed E-state index contributed by atoms with van der Waals surface area (Å²) in [5, 5.41) is 4.92. The molecule has 0 amide bonds. The first-order valence-corrected chi connectivity index (χ1v) is 22.2. The maximum Gasteiger partial charge on any atom is 0.0754 e. The molecule has 12 aromatic rings. The third kappa shape index (κ3) is 4.60. The molecule has 0 unspecified atom stereocenters. The van der Waals surface area contributed by atoms with Gasteiger partial charge in [0.2, 0.25) is 0 Å². The summed E-state index contributed by atoms with van der Waals surface area (Å²) in [4.78, 5) is 2.54. The molecule has 3 heteroatoms. The van der Waals surface area contributed by atoms with Crippen molar-refractivity contribution in [3.63, 3.8) is 0 Å². The molecule has 1 aliphatic carbocycles. The lowest BCUT2D eigenvalue weighted by atomic mass is 9.65. The predicted molar refractivity (Wildman–Crippen MR) is 266 cm³/mol. The van der Waals surface area contributed by atoms with E-state index in [9.17, 15) is 0 Å². The molecule has 14 rings (SSSR count). The first-order chi connectivity index (χ1) is 31.8. The van der Waals surface area contributed by atoms with Crippen LogP contribution in [0.2, 0.25) is 0 Å². The Morgan fingerprint density at radius 1 is 0.344 bits per heavy atom. The Balaban J connectivity index is 1.14. The van der Waals surface area contributed by atoms with Gasteiger partial charge < -0.3 is 14.0 Å². The van der Waals surface area contributed by atoms with Crippen molar-refractivity contribution >= 4 is 60.7 Å². The number of aromatic nitrogens is 2. The average molecular weight is 814 g/mol. The van der Waals surface area contributed by atoms with Crippen molar-refractivity contribution in [1.29, 1.82) is 0 Å². The van der Waals surface area contributed by atoms with Crippen molar-refractivity contribution in [1.82, 2.24) is 9.13 Å². The zero-order chi connectivity index (χ0) is 41.9. The van der Waals surface area contributed by atoms with Gasteiger partial charge in [-0.25, -0.2) is 0 Å². The Morgan fingerprint density at radius 3 is 1.66 bits per heavy atom. The van der Waals surface area contributed by atoms with Gasteiger partial charge in [0.05, 0.1) is 44.5 Å². The minimum atomic E-state index is -0.521.